The minimum atomic E-state index is -0.756. The summed E-state index contributed by atoms with van der Waals surface area (Å²) >= 11 is 5.13. The van der Waals surface area contributed by atoms with Gasteiger partial charge in [0.25, 0.3) is 5.91 Å². The second-order valence-electron chi connectivity index (χ2n) is 5.86. The third-order valence-corrected chi connectivity index (χ3v) is 4.23. The Hall–Kier alpha value is -2.75. The second-order valence-corrected chi connectivity index (χ2v) is 6.26. The van der Waals surface area contributed by atoms with Crippen molar-refractivity contribution in [3.63, 3.8) is 0 Å². The summed E-state index contributed by atoms with van der Waals surface area (Å²) in [6, 6.07) is 4.06. The lowest BCUT2D eigenvalue weighted by Crippen LogP contribution is -2.56. The first-order chi connectivity index (χ1) is 12.4. The Bertz CT molecular complexity index is 685. The fraction of sp³-hybridized carbons (Fsp3) is 0.438. The van der Waals surface area contributed by atoms with Crippen molar-refractivity contribution in [2.24, 2.45) is 11.7 Å². The first-order valence-corrected chi connectivity index (χ1v) is 8.59. The number of ether oxygens (including phenoxy) is 2. The number of carbonyl (C=O) groups is 2. The van der Waals surface area contributed by atoms with Crippen LogP contribution in [-0.4, -0.2) is 29.9 Å². The Morgan fingerprint density at radius 1 is 1.27 bits per heavy atom. The largest absolute Gasteiger partial charge is 0.454 e. The van der Waals surface area contributed by atoms with E-state index < -0.39 is 18.0 Å². The number of nitrogens with one attached hydrogen (secondary N) is 4. The van der Waals surface area contributed by atoms with Gasteiger partial charge in [-0.3, -0.25) is 15.6 Å². The molecule has 1 heterocycles. The van der Waals surface area contributed by atoms with E-state index in [1.54, 1.807) is 0 Å². The molecule has 0 fully saturated rings. The number of primary amides is 1. The Morgan fingerprint density at radius 3 is 2.69 bits per heavy atom. The normalized spacial score (nSPS) is 14.1. The first-order valence-electron chi connectivity index (χ1n) is 8.19. The minimum Gasteiger partial charge on any atom is -0.454 e. The van der Waals surface area contributed by atoms with Crippen molar-refractivity contribution in [3.8, 4) is 11.5 Å². The van der Waals surface area contributed by atoms with Crippen molar-refractivity contribution in [1.29, 1.82) is 0 Å². The van der Waals surface area contributed by atoms with Crippen molar-refractivity contribution < 1.29 is 19.1 Å². The van der Waals surface area contributed by atoms with Crippen LogP contribution in [0.25, 0.3) is 0 Å². The summed E-state index contributed by atoms with van der Waals surface area (Å²) in [6.07, 6.45) is 0.700. The van der Waals surface area contributed by atoms with Gasteiger partial charge < -0.3 is 25.8 Å². The predicted molar refractivity (Wildman–Crippen MR) is 99.2 cm³/mol. The summed E-state index contributed by atoms with van der Waals surface area (Å²) in [5.41, 5.74) is 11.1. The molecule has 3 amide bonds. The van der Waals surface area contributed by atoms with Gasteiger partial charge in [-0.15, -0.1) is 0 Å². The van der Waals surface area contributed by atoms with E-state index in [0.717, 1.165) is 5.56 Å². The van der Waals surface area contributed by atoms with E-state index in [1.165, 1.54) is 0 Å². The van der Waals surface area contributed by atoms with Crippen LogP contribution in [0.5, 0.6) is 11.5 Å². The van der Waals surface area contributed by atoms with Crippen LogP contribution in [0.3, 0.4) is 0 Å². The molecule has 2 unspecified atom stereocenters. The second kappa shape index (κ2) is 9.09. The Morgan fingerprint density at radius 2 is 2.00 bits per heavy atom. The van der Waals surface area contributed by atoms with E-state index in [2.05, 4.69) is 21.5 Å². The molecule has 9 nitrogen and oxygen atoms in total. The van der Waals surface area contributed by atoms with Gasteiger partial charge in [-0.2, -0.15) is 0 Å². The Balaban J connectivity index is 1.79. The zero-order chi connectivity index (χ0) is 19.1. The van der Waals surface area contributed by atoms with Gasteiger partial charge >= 0.3 is 6.03 Å². The number of urea groups is 1. The van der Waals surface area contributed by atoms with Gasteiger partial charge in [0.1, 0.15) is 6.04 Å². The smallest absolute Gasteiger partial charge is 0.312 e. The molecule has 0 saturated heterocycles. The number of hydrogen-bond acceptors (Lipinski definition) is 5. The lowest BCUT2D eigenvalue weighted by Gasteiger charge is -2.23. The molecule has 2 atom stereocenters. The summed E-state index contributed by atoms with van der Waals surface area (Å²) in [6.45, 7) is 4.41. The van der Waals surface area contributed by atoms with E-state index in [9.17, 15) is 9.59 Å². The quantitative estimate of drug-likeness (QED) is 0.359. The third-order valence-electron chi connectivity index (χ3n) is 3.98. The van der Waals surface area contributed by atoms with Gasteiger partial charge in [-0.25, -0.2) is 4.79 Å². The molecule has 0 bridgehead atoms. The van der Waals surface area contributed by atoms with Crippen molar-refractivity contribution in [1.82, 2.24) is 21.5 Å². The van der Waals surface area contributed by atoms with Crippen molar-refractivity contribution in [3.05, 3.63) is 23.8 Å². The zero-order valence-corrected chi connectivity index (χ0v) is 15.4. The standard InChI is InChI=1S/C16H23N5O4S/c1-3-9(2)13(19-15(17)23)14(22)20-21-16(26)18-7-10-4-5-11-12(6-10)25-8-24-11/h4-6,9,13H,3,7-8H2,1-2H3,(H,20,22)(H3,17,19,23)(H2,18,21,26). The van der Waals surface area contributed by atoms with Crippen molar-refractivity contribution >= 4 is 29.3 Å². The molecule has 10 heteroatoms. The molecule has 142 valence electrons. The highest BCUT2D eigenvalue weighted by molar-refractivity contribution is 7.80. The summed E-state index contributed by atoms with van der Waals surface area (Å²) in [4.78, 5) is 23.3. The summed E-state index contributed by atoms with van der Waals surface area (Å²) in [5.74, 6) is 0.884. The van der Waals surface area contributed by atoms with Gasteiger partial charge in [0.2, 0.25) is 6.79 Å². The molecular weight excluding hydrogens is 358 g/mol. The SMILES string of the molecule is CCC(C)C(NC(N)=O)C(=O)NNC(=S)NCc1ccc2c(c1)OCO2. The number of hydrazine groups is 1. The molecule has 0 aliphatic carbocycles. The number of hydrogen-bond donors (Lipinski definition) is 5. The molecule has 0 radical (unpaired) electrons. The lowest BCUT2D eigenvalue weighted by atomic mass is 9.99. The zero-order valence-electron chi connectivity index (χ0n) is 14.6. The van der Waals surface area contributed by atoms with E-state index in [1.807, 2.05) is 32.0 Å². The maximum absolute atomic E-state index is 12.2. The topological polar surface area (TPSA) is 127 Å². The number of amides is 3. The lowest BCUT2D eigenvalue weighted by molar-refractivity contribution is -0.124. The number of fused-ring (bicyclic) bond motifs is 1. The predicted octanol–water partition coefficient (Wildman–Crippen LogP) is 0.494. The van der Waals surface area contributed by atoms with E-state index in [4.69, 9.17) is 27.4 Å². The first kappa shape index (κ1) is 19.6. The van der Waals surface area contributed by atoms with Crippen LogP contribution in [-0.2, 0) is 11.3 Å². The van der Waals surface area contributed by atoms with Gasteiger partial charge in [0.15, 0.2) is 16.6 Å². The van der Waals surface area contributed by atoms with Crippen LogP contribution in [0.15, 0.2) is 18.2 Å². The molecule has 0 aromatic heterocycles. The average molecular weight is 381 g/mol. The van der Waals surface area contributed by atoms with Gasteiger partial charge in [0.05, 0.1) is 0 Å². The molecule has 0 spiro atoms. The van der Waals surface area contributed by atoms with Crippen LogP contribution in [0.2, 0.25) is 0 Å². The Labute approximate surface area is 156 Å². The van der Waals surface area contributed by atoms with Crippen LogP contribution in [0, 0.1) is 5.92 Å². The van der Waals surface area contributed by atoms with Crippen LogP contribution in [0.4, 0.5) is 4.79 Å². The van der Waals surface area contributed by atoms with Crippen molar-refractivity contribution in [2.75, 3.05) is 6.79 Å². The highest BCUT2D eigenvalue weighted by Gasteiger charge is 2.25. The van der Waals surface area contributed by atoms with Gasteiger partial charge in [0, 0.05) is 6.54 Å². The molecule has 2 rings (SSSR count). The molecule has 0 saturated carbocycles. The monoisotopic (exact) mass is 381 g/mol. The summed E-state index contributed by atoms with van der Waals surface area (Å²) in [5, 5.41) is 5.63. The fourth-order valence-corrected chi connectivity index (χ4v) is 2.45. The fourth-order valence-electron chi connectivity index (χ4n) is 2.33. The highest BCUT2D eigenvalue weighted by Crippen LogP contribution is 2.32. The van der Waals surface area contributed by atoms with Crippen LogP contribution in [0.1, 0.15) is 25.8 Å². The molecular formula is C16H23N5O4S. The van der Waals surface area contributed by atoms with Gasteiger partial charge in [-0.1, -0.05) is 26.3 Å². The molecule has 26 heavy (non-hydrogen) atoms. The summed E-state index contributed by atoms with van der Waals surface area (Å²) in [7, 11) is 0. The maximum Gasteiger partial charge on any atom is 0.312 e. The van der Waals surface area contributed by atoms with E-state index in [0.29, 0.717) is 24.5 Å². The number of rotatable bonds is 6. The third kappa shape index (κ3) is 5.38. The molecule has 6 N–H and O–H groups in total. The van der Waals surface area contributed by atoms with E-state index >= 15 is 0 Å². The minimum absolute atomic E-state index is 0.0838. The average Bonchev–Trinajstić information content (AvgIpc) is 3.09. The number of benzene rings is 1. The van der Waals surface area contributed by atoms with Crippen LogP contribution < -0.4 is 36.7 Å². The number of nitrogens with two attached hydrogens (primary N) is 1. The molecule has 1 aliphatic rings. The summed E-state index contributed by atoms with van der Waals surface area (Å²) < 4.78 is 10.6. The number of thiocarbonyl (C=S) groups is 1. The molecule has 1 aliphatic heterocycles. The van der Waals surface area contributed by atoms with Crippen molar-refractivity contribution in [2.45, 2.75) is 32.9 Å². The van der Waals surface area contributed by atoms with Gasteiger partial charge in [-0.05, 0) is 35.8 Å². The maximum atomic E-state index is 12.2. The molecule has 1 aromatic carbocycles. The molecule has 1 aromatic rings. The number of carbonyl (C=O) groups excluding carboxylic acids is 2. The Kier molecular flexibility index (Phi) is 6.84. The highest BCUT2D eigenvalue weighted by atomic mass is 32.1. The van der Waals surface area contributed by atoms with Crippen LogP contribution >= 0.6 is 12.2 Å². The van der Waals surface area contributed by atoms with E-state index in [-0.39, 0.29) is 17.8 Å².